The van der Waals surface area contributed by atoms with Gasteiger partial charge in [-0.05, 0) is 48.9 Å². The van der Waals surface area contributed by atoms with Crippen molar-refractivity contribution in [3.63, 3.8) is 0 Å². The second kappa shape index (κ2) is 9.95. The van der Waals surface area contributed by atoms with Crippen molar-refractivity contribution in [2.24, 2.45) is 0 Å². The first-order valence-electron chi connectivity index (χ1n) is 8.64. The van der Waals surface area contributed by atoms with Gasteiger partial charge in [0, 0.05) is 30.2 Å². The van der Waals surface area contributed by atoms with Crippen molar-refractivity contribution in [1.29, 1.82) is 0 Å². The van der Waals surface area contributed by atoms with E-state index in [1.807, 2.05) is 0 Å². The number of sulfonamides is 1. The summed E-state index contributed by atoms with van der Waals surface area (Å²) in [6, 6.07) is 10.2. The highest BCUT2D eigenvalue weighted by molar-refractivity contribution is 9.10. The smallest absolute Gasteiger partial charge is 0.251 e. The maximum atomic E-state index is 13.5. The van der Waals surface area contributed by atoms with E-state index in [1.165, 1.54) is 31.3 Å². The first-order valence-corrected chi connectivity index (χ1v) is 10.9. The summed E-state index contributed by atoms with van der Waals surface area (Å²) in [4.78, 5) is 24.0. The van der Waals surface area contributed by atoms with Gasteiger partial charge >= 0.3 is 0 Å². The second-order valence-corrected chi connectivity index (χ2v) is 9.25. The first kappa shape index (κ1) is 23.0. The number of hydrogen-bond donors (Lipinski definition) is 2. The Kier molecular flexibility index (Phi) is 7.88. The van der Waals surface area contributed by atoms with Gasteiger partial charge in [0.15, 0.2) is 0 Å². The fraction of sp³-hybridized carbons (Fsp3) is 0.263. The molecule has 0 saturated heterocycles. The van der Waals surface area contributed by atoms with Crippen molar-refractivity contribution in [1.82, 2.24) is 14.9 Å². The molecule has 10 heteroatoms. The van der Waals surface area contributed by atoms with Crippen LogP contribution in [0.4, 0.5) is 4.39 Å². The molecule has 0 unspecified atom stereocenters. The van der Waals surface area contributed by atoms with Crippen LogP contribution in [-0.2, 0) is 14.8 Å². The van der Waals surface area contributed by atoms with Gasteiger partial charge in [0.1, 0.15) is 5.82 Å². The summed E-state index contributed by atoms with van der Waals surface area (Å²) in [5, 5.41) is 5.09. The summed E-state index contributed by atoms with van der Waals surface area (Å²) < 4.78 is 40.1. The predicted octanol–water partition coefficient (Wildman–Crippen LogP) is 2.06. The van der Waals surface area contributed by atoms with Gasteiger partial charge in [0.25, 0.3) is 5.91 Å². The van der Waals surface area contributed by atoms with Gasteiger partial charge in [-0.3, -0.25) is 9.59 Å². The van der Waals surface area contributed by atoms with Crippen molar-refractivity contribution in [2.45, 2.75) is 11.8 Å². The number of aryl methyl sites for hydroxylation is 1. The van der Waals surface area contributed by atoms with Gasteiger partial charge < -0.3 is 10.6 Å². The van der Waals surface area contributed by atoms with E-state index >= 15 is 0 Å². The molecule has 0 aliphatic heterocycles. The van der Waals surface area contributed by atoms with E-state index in [4.69, 9.17) is 0 Å². The number of nitrogens with one attached hydrogen (secondary N) is 2. The molecule has 0 aliphatic rings. The van der Waals surface area contributed by atoms with Gasteiger partial charge in [-0.1, -0.05) is 22.0 Å². The minimum atomic E-state index is -3.79. The van der Waals surface area contributed by atoms with Crippen molar-refractivity contribution in [3.05, 3.63) is 63.9 Å². The molecule has 0 bridgehead atoms. The third kappa shape index (κ3) is 6.34. The van der Waals surface area contributed by atoms with Gasteiger partial charge in [-0.15, -0.1) is 0 Å². The number of benzene rings is 2. The molecule has 156 valence electrons. The molecule has 2 aromatic rings. The summed E-state index contributed by atoms with van der Waals surface area (Å²) in [6.07, 6.45) is 0. The monoisotopic (exact) mass is 485 g/mol. The summed E-state index contributed by atoms with van der Waals surface area (Å²) >= 11 is 3.24. The Bertz CT molecular complexity index is 997. The fourth-order valence-electron chi connectivity index (χ4n) is 2.34. The quantitative estimate of drug-likeness (QED) is 0.559. The standard InChI is InChI=1S/C19H21BrFN3O4S/c1-13-3-4-14(11-17(13)21)19(26)23-10-9-22-18(25)12-24(2)29(27,28)16-7-5-15(20)6-8-16/h3-8,11H,9-10,12H2,1-2H3,(H,22,25)(H,23,26). The summed E-state index contributed by atoms with van der Waals surface area (Å²) in [5.41, 5.74) is 0.621. The van der Waals surface area contributed by atoms with Crippen molar-refractivity contribution < 1.29 is 22.4 Å². The molecule has 0 atom stereocenters. The predicted molar refractivity (Wildman–Crippen MR) is 110 cm³/mol. The van der Waals surface area contributed by atoms with E-state index in [-0.39, 0.29) is 30.1 Å². The first-order chi connectivity index (χ1) is 13.6. The molecular formula is C19H21BrFN3O4S. The number of likely N-dealkylation sites (N-methyl/N-ethyl adjacent to an activating group) is 1. The van der Waals surface area contributed by atoms with E-state index in [2.05, 4.69) is 26.6 Å². The maximum Gasteiger partial charge on any atom is 0.251 e. The van der Waals surface area contributed by atoms with Crippen LogP contribution in [0.3, 0.4) is 0 Å². The van der Waals surface area contributed by atoms with Crippen molar-refractivity contribution in [3.8, 4) is 0 Å². The third-order valence-electron chi connectivity index (χ3n) is 4.05. The molecule has 29 heavy (non-hydrogen) atoms. The number of nitrogens with zero attached hydrogens (tertiary/aromatic N) is 1. The summed E-state index contributed by atoms with van der Waals surface area (Å²) in [7, 11) is -2.48. The zero-order valence-electron chi connectivity index (χ0n) is 15.9. The van der Waals surface area contributed by atoms with E-state index in [0.29, 0.717) is 5.56 Å². The van der Waals surface area contributed by atoms with Crippen LogP contribution in [-0.4, -0.2) is 51.2 Å². The molecule has 2 rings (SSSR count). The highest BCUT2D eigenvalue weighted by Crippen LogP contribution is 2.17. The molecule has 0 fully saturated rings. The molecule has 0 saturated carbocycles. The Morgan fingerprint density at radius 1 is 1.07 bits per heavy atom. The van der Waals surface area contributed by atoms with Crippen LogP contribution in [0.25, 0.3) is 0 Å². The number of hydrogen-bond acceptors (Lipinski definition) is 4. The number of halogens is 2. The zero-order valence-corrected chi connectivity index (χ0v) is 18.3. The van der Waals surface area contributed by atoms with Gasteiger partial charge in [-0.25, -0.2) is 12.8 Å². The van der Waals surface area contributed by atoms with Crippen LogP contribution in [0.1, 0.15) is 15.9 Å². The average molecular weight is 486 g/mol. The van der Waals surface area contributed by atoms with E-state index in [9.17, 15) is 22.4 Å². The van der Waals surface area contributed by atoms with Crippen LogP contribution >= 0.6 is 15.9 Å². The Labute approximate surface area is 177 Å². The molecule has 0 aliphatic carbocycles. The van der Waals surface area contributed by atoms with Gasteiger partial charge in [0.05, 0.1) is 11.4 Å². The lowest BCUT2D eigenvalue weighted by atomic mass is 10.1. The molecule has 2 aromatic carbocycles. The molecule has 0 aromatic heterocycles. The number of rotatable bonds is 8. The average Bonchev–Trinajstić information content (AvgIpc) is 2.67. The van der Waals surface area contributed by atoms with Gasteiger partial charge in [0.2, 0.25) is 15.9 Å². The van der Waals surface area contributed by atoms with Crippen molar-refractivity contribution in [2.75, 3.05) is 26.7 Å². The van der Waals surface area contributed by atoms with E-state index in [1.54, 1.807) is 19.1 Å². The number of amides is 2. The lowest BCUT2D eigenvalue weighted by Crippen LogP contribution is -2.41. The molecule has 0 radical (unpaired) electrons. The lowest BCUT2D eigenvalue weighted by molar-refractivity contribution is -0.121. The number of carbonyl (C=O) groups excluding carboxylic acids is 2. The Balaban J connectivity index is 1.79. The minimum absolute atomic E-state index is 0.0774. The van der Waals surface area contributed by atoms with Crippen LogP contribution in [0.5, 0.6) is 0 Å². The van der Waals surface area contributed by atoms with Crippen LogP contribution in [0, 0.1) is 12.7 Å². The Morgan fingerprint density at radius 3 is 2.31 bits per heavy atom. The van der Waals surface area contributed by atoms with E-state index in [0.717, 1.165) is 14.8 Å². The van der Waals surface area contributed by atoms with Crippen LogP contribution in [0.15, 0.2) is 51.8 Å². The topological polar surface area (TPSA) is 95.6 Å². The zero-order chi connectivity index (χ0) is 21.6. The Hall–Kier alpha value is -2.30. The molecule has 7 nitrogen and oxygen atoms in total. The molecule has 0 heterocycles. The second-order valence-electron chi connectivity index (χ2n) is 6.28. The summed E-state index contributed by atoms with van der Waals surface area (Å²) in [5.74, 6) is -1.45. The van der Waals surface area contributed by atoms with E-state index < -0.39 is 27.7 Å². The minimum Gasteiger partial charge on any atom is -0.353 e. The highest BCUT2D eigenvalue weighted by Gasteiger charge is 2.22. The summed E-state index contributed by atoms with van der Waals surface area (Å²) in [6.45, 7) is 1.45. The fourth-order valence-corrected chi connectivity index (χ4v) is 3.74. The van der Waals surface area contributed by atoms with Crippen LogP contribution < -0.4 is 10.6 Å². The molecule has 0 spiro atoms. The van der Waals surface area contributed by atoms with Crippen molar-refractivity contribution >= 4 is 37.8 Å². The normalized spacial score (nSPS) is 11.3. The SMILES string of the molecule is Cc1ccc(C(=O)NCCNC(=O)CN(C)S(=O)(=O)c2ccc(Br)cc2)cc1F. The number of carbonyl (C=O) groups is 2. The molecular weight excluding hydrogens is 465 g/mol. The molecule has 2 N–H and O–H groups in total. The highest BCUT2D eigenvalue weighted by atomic mass is 79.9. The maximum absolute atomic E-state index is 13.5. The Morgan fingerprint density at radius 2 is 1.69 bits per heavy atom. The largest absolute Gasteiger partial charge is 0.353 e. The molecule has 2 amide bonds. The van der Waals surface area contributed by atoms with Gasteiger partial charge in [-0.2, -0.15) is 4.31 Å². The van der Waals surface area contributed by atoms with Crippen LogP contribution in [0.2, 0.25) is 0 Å². The third-order valence-corrected chi connectivity index (χ3v) is 6.40. The lowest BCUT2D eigenvalue weighted by Gasteiger charge is -2.17.